The van der Waals surface area contributed by atoms with E-state index in [0.717, 1.165) is 45.7 Å². The van der Waals surface area contributed by atoms with Crippen molar-refractivity contribution >= 4 is 27.5 Å². The smallest absolute Gasteiger partial charge is 0.244 e. The molecule has 1 N–H and O–H groups in total. The maximum Gasteiger partial charge on any atom is 0.244 e. The van der Waals surface area contributed by atoms with E-state index in [2.05, 4.69) is 5.32 Å². The number of hydrogen-bond donors (Lipinski definition) is 1. The third-order valence-corrected chi connectivity index (χ3v) is 7.68. The Kier molecular flexibility index (Phi) is 10.7. The molecule has 0 spiro atoms. The third-order valence-electron chi connectivity index (χ3n) is 6.54. The molecule has 0 aliphatic carbocycles. The third kappa shape index (κ3) is 8.96. The van der Waals surface area contributed by atoms with Gasteiger partial charge in [-0.05, 0) is 43.5 Å². The van der Waals surface area contributed by atoms with Crippen molar-refractivity contribution in [1.29, 1.82) is 0 Å². The van der Waals surface area contributed by atoms with E-state index in [1.807, 2.05) is 87.5 Å². The van der Waals surface area contributed by atoms with Crippen molar-refractivity contribution in [3.8, 4) is 0 Å². The van der Waals surface area contributed by atoms with Crippen LogP contribution in [0.25, 0.3) is 0 Å². The summed E-state index contributed by atoms with van der Waals surface area (Å²) in [6.07, 6.45) is 3.14. The lowest BCUT2D eigenvalue weighted by Crippen LogP contribution is -2.53. The largest absolute Gasteiger partial charge is 0.354 e. The van der Waals surface area contributed by atoms with Gasteiger partial charge in [-0.15, -0.1) is 0 Å². The van der Waals surface area contributed by atoms with Crippen LogP contribution < -0.4 is 9.62 Å². The van der Waals surface area contributed by atoms with Gasteiger partial charge in [0, 0.05) is 19.5 Å². The van der Waals surface area contributed by atoms with Gasteiger partial charge < -0.3 is 10.2 Å². The second-order valence-electron chi connectivity index (χ2n) is 9.97. The highest BCUT2D eigenvalue weighted by molar-refractivity contribution is 7.92. The summed E-state index contributed by atoms with van der Waals surface area (Å²) in [5.74, 6) is -0.705. The van der Waals surface area contributed by atoms with E-state index in [0.29, 0.717) is 18.7 Å². The first kappa shape index (κ1) is 29.9. The van der Waals surface area contributed by atoms with Gasteiger partial charge in [0.1, 0.15) is 12.6 Å². The molecule has 7 nitrogen and oxygen atoms in total. The SMILES string of the molecule is CCCCNC(=O)[C@@H](Cc1ccccc1)N(Cc1cccc(C)c1)C(=O)CN(c1ccc(C)cc1)S(C)(=O)=O. The number of aryl methyl sites for hydroxylation is 2. The predicted octanol–water partition coefficient (Wildman–Crippen LogP) is 4.63. The number of carbonyl (C=O) groups is 2. The van der Waals surface area contributed by atoms with E-state index in [9.17, 15) is 18.0 Å². The molecule has 3 aromatic carbocycles. The summed E-state index contributed by atoms with van der Waals surface area (Å²) < 4.78 is 26.7. The van der Waals surface area contributed by atoms with Gasteiger partial charge >= 0.3 is 0 Å². The van der Waals surface area contributed by atoms with Crippen molar-refractivity contribution in [2.24, 2.45) is 0 Å². The minimum atomic E-state index is -3.78. The van der Waals surface area contributed by atoms with Crippen molar-refractivity contribution in [2.45, 2.75) is 52.6 Å². The summed E-state index contributed by atoms with van der Waals surface area (Å²) in [6, 6.07) is 23.5. The molecule has 0 saturated heterocycles. The van der Waals surface area contributed by atoms with Gasteiger partial charge in [-0.2, -0.15) is 0 Å². The zero-order chi connectivity index (χ0) is 28.4. The first-order valence-corrected chi connectivity index (χ1v) is 15.1. The molecule has 0 unspecified atom stereocenters. The monoisotopic (exact) mass is 549 g/mol. The zero-order valence-electron chi connectivity index (χ0n) is 23.3. The standard InChI is InChI=1S/C31H39N3O4S/c1-5-6-19-32-31(36)29(21-26-12-8-7-9-13-26)33(22-27-14-10-11-25(3)20-27)30(35)23-34(39(4,37)38)28-17-15-24(2)16-18-28/h7-18,20,29H,5-6,19,21-23H2,1-4H3,(H,32,36)/t29-/m1/s1. The molecule has 0 fully saturated rings. The summed E-state index contributed by atoms with van der Waals surface area (Å²) in [5.41, 5.74) is 4.19. The summed E-state index contributed by atoms with van der Waals surface area (Å²) in [7, 11) is -3.78. The molecular weight excluding hydrogens is 510 g/mol. The molecule has 0 bridgehead atoms. The van der Waals surface area contributed by atoms with Crippen molar-refractivity contribution < 1.29 is 18.0 Å². The molecule has 3 rings (SSSR count). The van der Waals surface area contributed by atoms with Crippen LogP contribution >= 0.6 is 0 Å². The van der Waals surface area contributed by atoms with Crippen LogP contribution in [0.15, 0.2) is 78.9 Å². The van der Waals surface area contributed by atoms with Crippen LogP contribution in [0.2, 0.25) is 0 Å². The summed E-state index contributed by atoms with van der Waals surface area (Å²) in [4.78, 5) is 29.1. The van der Waals surface area contributed by atoms with Crippen LogP contribution in [0.3, 0.4) is 0 Å². The number of hydrogen-bond acceptors (Lipinski definition) is 4. The van der Waals surface area contributed by atoms with Crippen LogP contribution in [0.5, 0.6) is 0 Å². The lowest BCUT2D eigenvalue weighted by molar-refractivity contribution is -0.140. The molecule has 0 radical (unpaired) electrons. The number of unbranched alkanes of at least 4 members (excludes halogenated alkanes) is 1. The Balaban J connectivity index is 2.02. The van der Waals surface area contributed by atoms with E-state index < -0.39 is 28.5 Å². The number of carbonyl (C=O) groups excluding carboxylic acids is 2. The second kappa shape index (κ2) is 13.9. The lowest BCUT2D eigenvalue weighted by Gasteiger charge is -2.33. The fourth-order valence-electron chi connectivity index (χ4n) is 4.39. The molecule has 39 heavy (non-hydrogen) atoms. The molecule has 3 aromatic rings. The summed E-state index contributed by atoms with van der Waals surface area (Å²) in [6.45, 7) is 6.19. The molecule has 0 saturated carbocycles. The molecular formula is C31H39N3O4S. The van der Waals surface area contributed by atoms with Gasteiger partial charge in [0.05, 0.1) is 11.9 Å². The van der Waals surface area contributed by atoms with Gasteiger partial charge in [0.15, 0.2) is 0 Å². The number of sulfonamides is 1. The number of rotatable bonds is 13. The summed E-state index contributed by atoms with van der Waals surface area (Å²) in [5, 5.41) is 2.99. The normalized spacial score (nSPS) is 12.0. The van der Waals surface area contributed by atoms with Crippen LogP contribution in [-0.4, -0.2) is 50.5 Å². The summed E-state index contributed by atoms with van der Waals surface area (Å²) >= 11 is 0. The second-order valence-corrected chi connectivity index (χ2v) is 11.9. The minimum Gasteiger partial charge on any atom is -0.354 e. The first-order valence-electron chi connectivity index (χ1n) is 13.3. The topological polar surface area (TPSA) is 86.8 Å². The quantitative estimate of drug-likeness (QED) is 0.315. The van der Waals surface area contributed by atoms with Crippen molar-refractivity contribution in [2.75, 3.05) is 23.7 Å². The van der Waals surface area contributed by atoms with Crippen LogP contribution in [0, 0.1) is 13.8 Å². The zero-order valence-corrected chi connectivity index (χ0v) is 24.1. The highest BCUT2D eigenvalue weighted by atomic mass is 32.2. The molecule has 0 aromatic heterocycles. The van der Waals surface area contributed by atoms with Crippen molar-refractivity contribution in [3.63, 3.8) is 0 Å². The van der Waals surface area contributed by atoms with Crippen molar-refractivity contribution in [1.82, 2.24) is 10.2 Å². The van der Waals surface area contributed by atoms with E-state index in [1.54, 1.807) is 12.1 Å². The van der Waals surface area contributed by atoms with E-state index >= 15 is 0 Å². The van der Waals surface area contributed by atoms with Gasteiger partial charge in [-0.1, -0.05) is 91.2 Å². The Bertz CT molecular complexity index is 1340. The maximum atomic E-state index is 14.0. The molecule has 0 aliphatic rings. The van der Waals surface area contributed by atoms with Gasteiger partial charge in [-0.25, -0.2) is 8.42 Å². The Morgan fingerprint density at radius 3 is 2.15 bits per heavy atom. The molecule has 8 heteroatoms. The minimum absolute atomic E-state index is 0.171. The highest BCUT2D eigenvalue weighted by Crippen LogP contribution is 2.21. The van der Waals surface area contributed by atoms with Crippen LogP contribution in [-0.2, 0) is 32.6 Å². The number of benzene rings is 3. The fraction of sp³-hybridized carbons (Fsp3) is 0.355. The predicted molar refractivity (Wildman–Crippen MR) is 157 cm³/mol. The van der Waals surface area contributed by atoms with Crippen molar-refractivity contribution in [3.05, 3.63) is 101 Å². The number of nitrogens with zero attached hydrogens (tertiary/aromatic N) is 2. The Morgan fingerprint density at radius 2 is 1.54 bits per heavy atom. The maximum absolute atomic E-state index is 14.0. The van der Waals surface area contributed by atoms with E-state index in [1.165, 1.54) is 4.90 Å². The Hall–Kier alpha value is -3.65. The van der Waals surface area contributed by atoms with Gasteiger partial charge in [-0.3, -0.25) is 13.9 Å². The fourth-order valence-corrected chi connectivity index (χ4v) is 5.24. The Labute approximate surface area is 232 Å². The van der Waals surface area contributed by atoms with Crippen LogP contribution in [0.1, 0.15) is 42.0 Å². The molecule has 208 valence electrons. The van der Waals surface area contributed by atoms with Gasteiger partial charge in [0.25, 0.3) is 0 Å². The number of amides is 2. The van der Waals surface area contributed by atoms with Crippen LogP contribution in [0.4, 0.5) is 5.69 Å². The number of nitrogens with one attached hydrogen (secondary N) is 1. The highest BCUT2D eigenvalue weighted by Gasteiger charge is 2.33. The molecule has 0 heterocycles. The average molecular weight is 550 g/mol. The number of anilines is 1. The molecule has 0 aliphatic heterocycles. The lowest BCUT2D eigenvalue weighted by atomic mass is 10.0. The molecule has 1 atom stereocenters. The Morgan fingerprint density at radius 1 is 0.872 bits per heavy atom. The average Bonchev–Trinajstić information content (AvgIpc) is 2.90. The van der Waals surface area contributed by atoms with E-state index in [-0.39, 0.29) is 12.5 Å². The van der Waals surface area contributed by atoms with Gasteiger partial charge in [0.2, 0.25) is 21.8 Å². The van der Waals surface area contributed by atoms with E-state index in [4.69, 9.17) is 0 Å². The molecule has 2 amide bonds. The first-order chi connectivity index (χ1) is 18.6.